The second-order valence-corrected chi connectivity index (χ2v) is 5.44. The van der Waals surface area contributed by atoms with Crippen LogP contribution < -0.4 is 11.1 Å². The van der Waals surface area contributed by atoms with Crippen LogP contribution in [0.3, 0.4) is 0 Å². The summed E-state index contributed by atoms with van der Waals surface area (Å²) in [5.41, 5.74) is 6.17. The summed E-state index contributed by atoms with van der Waals surface area (Å²) in [4.78, 5) is 26.4. The topological polar surface area (TPSA) is 102 Å². The fraction of sp³-hybridized carbons (Fsp3) is 0.615. The van der Waals surface area contributed by atoms with Crippen molar-refractivity contribution >= 4 is 17.6 Å². The molecule has 1 aromatic heterocycles. The number of anilines is 1. The maximum Gasteiger partial charge on any atom is 0.260 e. The van der Waals surface area contributed by atoms with E-state index in [1.807, 2.05) is 0 Å². The Morgan fingerprint density at radius 3 is 2.86 bits per heavy atom. The van der Waals surface area contributed by atoms with Crippen LogP contribution in [0.2, 0.25) is 0 Å². The van der Waals surface area contributed by atoms with Gasteiger partial charge in [-0.15, -0.1) is 0 Å². The van der Waals surface area contributed by atoms with Crippen molar-refractivity contribution in [3.05, 3.63) is 11.8 Å². The molecule has 3 rings (SSSR count). The fourth-order valence-corrected chi connectivity index (χ4v) is 2.36. The van der Waals surface area contributed by atoms with Crippen molar-refractivity contribution in [2.24, 2.45) is 7.05 Å². The Labute approximate surface area is 122 Å². The van der Waals surface area contributed by atoms with Crippen molar-refractivity contribution in [3.63, 3.8) is 0 Å². The van der Waals surface area contributed by atoms with E-state index in [9.17, 15) is 9.59 Å². The molecular formula is C13H19N5O3. The van der Waals surface area contributed by atoms with Crippen LogP contribution >= 0.6 is 0 Å². The Morgan fingerprint density at radius 1 is 1.48 bits per heavy atom. The van der Waals surface area contributed by atoms with Gasteiger partial charge in [0.05, 0.1) is 19.4 Å². The van der Waals surface area contributed by atoms with Crippen molar-refractivity contribution < 1.29 is 14.3 Å². The monoisotopic (exact) mass is 293 g/mol. The Morgan fingerprint density at radius 2 is 2.24 bits per heavy atom. The Balaban J connectivity index is 1.78. The number of nitrogens with zero attached hydrogens (tertiary/aromatic N) is 3. The number of morpholine rings is 1. The Kier molecular flexibility index (Phi) is 3.54. The number of hydrogen-bond acceptors (Lipinski definition) is 5. The molecule has 3 N–H and O–H groups in total. The third kappa shape index (κ3) is 2.71. The molecule has 21 heavy (non-hydrogen) atoms. The first-order valence-electron chi connectivity index (χ1n) is 7.04. The molecule has 1 atom stereocenters. The number of carbonyl (C=O) groups is 2. The molecule has 8 nitrogen and oxygen atoms in total. The van der Waals surface area contributed by atoms with E-state index in [1.165, 1.54) is 15.8 Å². The molecule has 1 aliphatic heterocycles. The van der Waals surface area contributed by atoms with Gasteiger partial charge >= 0.3 is 0 Å². The predicted molar refractivity (Wildman–Crippen MR) is 74.4 cm³/mol. The Hall–Kier alpha value is -2.09. The maximum atomic E-state index is 12.6. The van der Waals surface area contributed by atoms with Gasteiger partial charge in [-0.25, -0.2) is 0 Å². The third-order valence-corrected chi connectivity index (χ3v) is 3.83. The van der Waals surface area contributed by atoms with Crippen molar-refractivity contribution in [1.82, 2.24) is 20.0 Å². The zero-order chi connectivity index (χ0) is 15.0. The van der Waals surface area contributed by atoms with E-state index in [2.05, 4.69) is 10.4 Å². The molecule has 114 valence electrons. The highest BCUT2D eigenvalue weighted by atomic mass is 16.5. The van der Waals surface area contributed by atoms with Crippen LogP contribution in [0.1, 0.15) is 23.2 Å². The third-order valence-electron chi connectivity index (χ3n) is 3.83. The standard InChI is InChI=1S/C13H19N5O3/c1-17-11(14)9(6-15-17)13(20)18-4-5-21-7-10(18)12(19)16-8-2-3-8/h6,8,10H,2-5,7,14H2,1H3,(H,16,19). The summed E-state index contributed by atoms with van der Waals surface area (Å²) in [6, 6.07) is -0.355. The van der Waals surface area contributed by atoms with Crippen LogP contribution in [0.25, 0.3) is 0 Å². The zero-order valence-corrected chi connectivity index (χ0v) is 11.9. The number of rotatable bonds is 3. The molecule has 2 fully saturated rings. The summed E-state index contributed by atoms with van der Waals surface area (Å²) in [5.74, 6) is -0.138. The molecule has 2 aliphatic rings. The van der Waals surface area contributed by atoms with Gasteiger partial charge in [0, 0.05) is 19.6 Å². The van der Waals surface area contributed by atoms with E-state index in [0.717, 1.165) is 12.8 Å². The quantitative estimate of drug-likeness (QED) is 0.753. The van der Waals surface area contributed by atoms with Gasteiger partial charge in [0.15, 0.2) is 0 Å². The lowest BCUT2D eigenvalue weighted by atomic mass is 10.1. The van der Waals surface area contributed by atoms with Crippen molar-refractivity contribution in [2.45, 2.75) is 24.9 Å². The normalized spacial score (nSPS) is 22.1. The number of hydrogen-bond donors (Lipinski definition) is 2. The first-order chi connectivity index (χ1) is 10.1. The second-order valence-electron chi connectivity index (χ2n) is 5.44. The minimum Gasteiger partial charge on any atom is -0.383 e. The van der Waals surface area contributed by atoms with E-state index >= 15 is 0 Å². The molecule has 1 saturated heterocycles. The number of aromatic nitrogens is 2. The van der Waals surface area contributed by atoms with Gasteiger partial charge in [0.1, 0.15) is 17.4 Å². The second kappa shape index (κ2) is 5.36. The molecule has 0 aromatic carbocycles. The summed E-state index contributed by atoms with van der Waals surface area (Å²) in [5, 5.41) is 6.89. The number of carbonyl (C=O) groups excluding carboxylic acids is 2. The van der Waals surface area contributed by atoms with E-state index in [-0.39, 0.29) is 24.5 Å². The number of amides is 2. The molecule has 1 aliphatic carbocycles. The first kappa shape index (κ1) is 13.9. The van der Waals surface area contributed by atoms with E-state index in [1.54, 1.807) is 7.05 Å². The molecular weight excluding hydrogens is 274 g/mol. The molecule has 0 bridgehead atoms. The average molecular weight is 293 g/mol. The molecule has 1 unspecified atom stereocenters. The van der Waals surface area contributed by atoms with Crippen molar-refractivity contribution in [2.75, 3.05) is 25.5 Å². The van der Waals surface area contributed by atoms with E-state index in [4.69, 9.17) is 10.5 Å². The molecule has 2 heterocycles. The smallest absolute Gasteiger partial charge is 0.260 e. The molecule has 0 radical (unpaired) electrons. The van der Waals surface area contributed by atoms with Gasteiger partial charge in [-0.2, -0.15) is 5.10 Å². The van der Waals surface area contributed by atoms with Crippen molar-refractivity contribution in [3.8, 4) is 0 Å². The molecule has 8 heteroatoms. The highest BCUT2D eigenvalue weighted by Gasteiger charge is 2.36. The average Bonchev–Trinajstić information content (AvgIpc) is 3.24. The number of nitrogen functional groups attached to an aromatic ring is 1. The predicted octanol–water partition coefficient (Wildman–Crippen LogP) is -0.878. The largest absolute Gasteiger partial charge is 0.383 e. The summed E-state index contributed by atoms with van der Waals surface area (Å²) >= 11 is 0. The van der Waals surface area contributed by atoms with Gasteiger partial charge in [0.2, 0.25) is 5.91 Å². The van der Waals surface area contributed by atoms with Gasteiger partial charge in [-0.3, -0.25) is 14.3 Å². The van der Waals surface area contributed by atoms with Gasteiger partial charge < -0.3 is 20.7 Å². The lowest BCUT2D eigenvalue weighted by Gasteiger charge is -2.34. The zero-order valence-electron chi connectivity index (χ0n) is 11.9. The SMILES string of the molecule is Cn1ncc(C(=O)N2CCOCC2C(=O)NC2CC2)c1N. The number of ether oxygens (including phenoxy) is 1. The van der Waals surface area contributed by atoms with Gasteiger partial charge in [0.25, 0.3) is 5.91 Å². The van der Waals surface area contributed by atoms with Crippen LogP contribution in [0.4, 0.5) is 5.82 Å². The fourth-order valence-electron chi connectivity index (χ4n) is 2.36. The minimum absolute atomic E-state index is 0.159. The molecule has 1 aromatic rings. The molecule has 2 amide bonds. The Bertz CT molecular complexity index is 566. The van der Waals surface area contributed by atoms with E-state index < -0.39 is 6.04 Å². The van der Waals surface area contributed by atoms with Gasteiger partial charge in [-0.1, -0.05) is 0 Å². The summed E-state index contributed by atoms with van der Waals surface area (Å²) in [6.07, 6.45) is 3.44. The molecule has 1 saturated carbocycles. The number of nitrogens with one attached hydrogen (secondary N) is 1. The highest BCUT2D eigenvalue weighted by Crippen LogP contribution is 2.21. The van der Waals surface area contributed by atoms with Crippen LogP contribution in [-0.2, 0) is 16.6 Å². The van der Waals surface area contributed by atoms with Crippen LogP contribution in [0.15, 0.2) is 6.20 Å². The lowest BCUT2D eigenvalue weighted by molar-refractivity contribution is -0.130. The molecule has 0 spiro atoms. The minimum atomic E-state index is -0.605. The maximum absolute atomic E-state index is 12.6. The summed E-state index contributed by atoms with van der Waals surface area (Å²) < 4.78 is 6.79. The van der Waals surface area contributed by atoms with Crippen LogP contribution in [0, 0.1) is 0 Å². The first-order valence-corrected chi connectivity index (χ1v) is 7.04. The summed E-state index contributed by atoms with van der Waals surface area (Å²) in [6.45, 7) is 1.000. The van der Waals surface area contributed by atoms with Crippen molar-refractivity contribution in [1.29, 1.82) is 0 Å². The summed E-state index contributed by atoms with van der Waals surface area (Å²) in [7, 11) is 1.67. The van der Waals surface area contributed by atoms with Crippen LogP contribution in [-0.4, -0.2) is 58.3 Å². The number of aryl methyl sites for hydroxylation is 1. The number of nitrogens with two attached hydrogens (primary N) is 1. The van der Waals surface area contributed by atoms with Gasteiger partial charge in [-0.05, 0) is 12.8 Å². The van der Waals surface area contributed by atoms with Crippen LogP contribution in [0.5, 0.6) is 0 Å². The lowest BCUT2D eigenvalue weighted by Crippen LogP contribution is -2.56. The highest BCUT2D eigenvalue weighted by molar-refractivity contribution is 6.00. The van der Waals surface area contributed by atoms with E-state index in [0.29, 0.717) is 24.5 Å².